The molecule has 32 heavy (non-hydrogen) atoms. The highest BCUT2D eigenvalue weighted by Crippen LogP contribution is 2.25. The number of benzene rings is 3. The second kappa shape index (κ2) is 9.90. The lowest BCUT2D eigenvalue weighted by atomic mass is 10.0. The molecule has 4 rings (SSSR count). The number of aromatic amines is 1. The number of ether oxygens (including phenoxy) is 1. The Kier molecular flexibility index (Phi) is 6.78. The minimum Gasteiger partial charge on any atom is -0.489 e. The molecule has 0 fully saturated rings. The number of nitrogens with one attached hydrogen (secondary N) is 2. The van der Waals surface area contributed by atoms with Crippen molar-refractivity contribution in [1.29, 1.82) is 0 Å². The number of aromatic nitrogens is 1. The van der Waals surface area contributed by atoms with Gasteiger partial charge in [0.2, 0.25) is 0 Å². The first-order valence-corrected chi connectivity index (χ1v) is 10.9. The summed E-state index contributed by atoms with van der Waals surface area (Å²) in [6, 6.07) is 20.6. The van der Waals surface area contributed by atoms with Crippen LogP contribution in [0.15, 0.2) is 72.9 Å². The molecular formula is C26H25ClN2O3. The topological polar surface area (TPSA) is 74.3 Å². The minimum absolute atomic E-state index is 0.322. The van der Waals surface area contributed by atoms with Crippen molar-refractivity contribution in [2.75, 3.05) is 0 Å². The average Bonchev–Trinajstić information content (AvgIpc) is 3.19. The Balaban J connectivity index is 1.48. The highest BCUT2D eigenvalue weighted by Gasteiger charge is 2.20. The molecule has 164 valence electrons. The Labute approximate surface area is 192 Å². The van der Waals surface area contributed by atoms with E-state index in [1.54, 1.807) is 6.07 Å². The number of carboxylic acid groups (broad SMARTS) is 1. The Morgan fingerprint density at radius 2 is 1.84 bits per heavy atom. The maximum absolute atomic E-state index is 12.0. The molecule has 1 heterocycles. The Bertz CT molecular complexity index is 1230. The van der Waals surface area contributed by atoms with Gasteiger partial charge in [-0.1, -0.05) is 54.1 Å². The van der Waals surface area contributed by atoms with Crippen molar-refractivity contribution in [3.05, 3.63) is 100 Å². The largest absolute Gasteiger partial charge is 0.489 e. The van der Waals surface area contributed by atoms with Gasteiger partial charge in [0.1, 0.15) is 18.4 Å². The molecule has 0 saturated heterocycles. The molecular weight excluding hydrogens is 424 g/mol. The predicted octanol–water partition coefficient (Wildman–Crippen LogP) is 5.49. The van der Waals surface area contributed by atoms with E-state index in [1.165, 1.54) is 0 Å². The number of fused-ring (bicyclic) bond motifs is 1. The minimum atomic E-state index is -0.903. The first-order chi connectivity index (χ1) is 15.5. The smallest absolute Gasteiger partial charge is 0.321 e. The van der Waals surface area contributed by atoms with E-state index in [0.29, 0.717) is 30.3 Å². The second-order valence-corrected chi connectivity index (χ2v) is 8.24. The lowest BCUT2D eigenvalue weighted by Crippen LogP contribution is -2.38. The summed E-state index contributed by atoms with van der Waals surface area (Å²) in [7, 11) is 0. The highest BCUT2D eigenvalue weighted by atomic mass is 35.5. The van der Waals surface area contributed by atoms with E-state index >= 15 is 0 Å². The number of hydrogen-bond donors (Lipinski definition) is 3. The molecule has 0 amide bonds. The molecule has 5 nitrogen and oxygen atoms in total. The van der Waals surface area contributed by atoms with Crippen LogP contribution in [0.4, 0.5) is 0 Å². The summed E-state index contributed by atoms with van der Waals surface area (Å²) in [5.41, 5.74) is 5.03. The van der Waals surface area contributed by atoms with Crippen molar-refractivity contribution in [3.8, 4) is 5.75 Å². The fraction of sp³-hybridized carbons (Fsp3) is 0.192. The van der Waals surface area contributed by atoms with E-state index in [2.05, 4.69) is 10.3 Å². The van der Waals surface area contributed by atoms with Crippen LogP contribution in [0.2, 0.25) is 5.02 Å². The van der Waals surface area contributed by atoms with Gasteiger partial charge in [-0.25, -0.2) is 0 Å². The lowest BCUT2D eigenvalue weighted by molar-refractivity contribution is -0.139. The number of carbonyl (C=O) groups is 1. The molecule has 3 aromatic carbocycles. The fourth-order valence-electron chi connectivity index (χ4n) is 3.75. The third kappa shape index (κ3) is 5.13. The number of aliphatic carboxylic acids is 1. The normalized spacial score (nSPS) is 12.1. The van der Waals surface area contributed by atoms with Crippen LogP contribution in [0.1, 0.15) is 22.3 Å². The van der Waals surface area contributed by atoms with Crippen LogP contribution in [0, 0.1) is 6.92 Å². The molecule has 0 bridgehead atoms. The van der Waals surface area contributed by atoms with Crippen LogP contribution in [0.25, 0.3) is 10.9 Å². The number of aryl methyl sites for hydroxylation is 1. The van der Waals surface area contributed by atoms with Crippen LogP contribution in [-0.4, -0.2) is 22.1 Å². The summed E-state index contributed by atoms with van der Waals surface area (Å²) in [6.07, 6.45) is 2.23. The SMILES string of the molecule is Cc1ccccc1COc1ccc(Cl)cc1CN[C@@H](Cc1c[nH]c2ccccc12)C(=O)O. The van der Waals surface area contributed by atoms with Gasteiger partial charge in [-0.05, 0) is 47.9 Å². The molecule has 0 radical (unpaired) electrons. The quantitative estimate of drug-likeness (QED) is 0.316. The molecule has 0 unspecified atom stereocenters. The van der Waals surface area contributed by atoms with Crippen molar-refractivity contribution in [2.24, 2.45) is 0 Å². The molecule has 0 aliphatic rings. The van der Waals surface area contributed by atoms with Crippen LogP contribution in [0.5, 0.6) is 5.75 Å². The molecule has 0 aliphatic carbocycles. The summed E-state index contributed by atoms with van der Waals surface area (Å²) in [5, 5.41) is 14.6. The van der Waals surface area contributed by atoms with Crippen molar-refractivity contribution < 1.29 is 14.6 Å². The molecule has 0 aliphatic heterocycles. The molecule has 0 spiro atoms. The van der Waals surface area contributed by atoms with E-state index in [1.807, 2.05) is 73.8 Å². The zero-order chi connectivity index (χ0) is 22.5. The van der Waals surface area contributed by atoms with Crippen molar-refractivity contribution in [2.45, 2.75) is 32.5 Å². The third-order valence-electron chi connectivity index (χ3n) is 5.60. The summed E-state index contributed by atoms with van der Waals surface area (Å²) in [4.78, 5) is 15.2. The van der Waals surface area contributed by atoms with Gasteiger partial charge < -0.3 is 14.8 Å². The number of rotatable bonds is 9. The maximum atomic E-state index is 12.0. The standard InChI is InChI=1S/C26H25ClN2O3/c1-17-6-2-3-7-18(17)16-32-25-11-10-21(27)12-20(25)15-29-24(26(30)31)13-19-14-28-23-9-5-4-8-22(19)23/h2-12,14,24,28-29H,13,15-16H2,1H3,(H,30,31)/t24-/m0/s1. The van der Waals surface area contributed by atoms with Crippen LogP contribution >= 0.6 is 11.6 Å². The third-order valence-corrected chi connectivity index (χ3v) is 5.84. The molecule has 0 saturated carbocycles. The number of hydrogen-bond acceptors (Lipinski definition) is 3. The van der Waals surface area contributed by atoms with Crippen LogP contribution in [0.3, 0.4) is 0 Å². The van der Waals surface area contributed by atoms with Gasteiger partial charge in [-0.2, -0.15) is 0 Å². The van der Waals surface area contributed by atoms with E-state index in [0.717, 1.165) is 33.2 Å². The lowest BCUT2D eigenvalue weighted by Gasteiger charge is -2.17. The maximum Gasteiger partial charge on any atom is 0.321 e. The predicted molar refractivity (Wildman–Crippen MR) is 127 cm³/mol. The zero-order valence-corrected chi connectivity index (χ0v) is 18.5. The van der Waals surface area contributed by atoms with Gasteiger partial charge in [0.25, 0.3) is 0 Å². The Morgan fingerprint density at radius 1 is 1.06 bits per heavy atom. The number of carboxylic acids is 1. The molecule has 1 aromatic heterocycles. The summed E-state index contributed by atoms with van der Waals surface area (Å²) in [6.45, 7) is 2.80. The number of halogens is 1. The summed E-state index contributed by atoms with van der Waals surface area (Å²) in [5.74, 6) is -0.221. The Morgan fingerprint density at radius 3 is 2.66 bits per heavy atom. The molecule has 1 atom stereocenters. The molecule has 4 aromatic rings. The van der Waals surface area contributed by atoms with Crippen molar-refractivity contribution in [1.82, 2.24) is 10.3 Å². The molecule has 3 N–H and O–H groups in total. The van der Waals surface area contributed by atoms with Gasteiger partial charge in [0.05, 0.1) is 0 Å². The summed E-state index contributed by atoms with van der Waals surface area (Å²) >= 11 is 6.21. The van der Waals surface area contributed by atoms with Gasteiger partial charge in [-0.15, -0.1) is 0 Å². The first kappa shape index (κ1) is 21.9. The van der Waals surface area contributed by atoms with E-state index in [4.69, 9.17) is 16.3 Å². The number of H-pyrrole nitrogens is 1. The van der Waals surface area contributed by atoms with Crippen molar-refractivity contribution >= 4 is 28.5 Å². The zero-order valence-electron chi connectivity index (χ0n) is 17.8. The Hall–Kier alpha value is -3.28. The van der Waals surface area contributed by atoms with Gasteiger partial charge >= 0.3 is 5.97 Å². The average molecular weight is 449 g/mol. The van der Waals surface area contributed by atoms with Gasteiger partial charge in [-0.3, -0.25) is 10.1 Å². The summed E-state index contributed by atoms with van der Waals surface area (Å²) < 4.78 is 6.06. The first-order valence-electron chi connectivity index (χ1n) is 10.5. The number of para-hydroxylation sites is 1. The fourth-order valence-corrected chi connectivity index (χ4v) is 3.95. The van der Waals surface area contributed by atoms with E-state index in [-0.39, 0.29) is 0 Å². The second-order valence-electron chi connectivity index (χ2n) is 7.80. The molecule has 6 heteroatoms. The van der Waals surface area contributed by atoms with Crippen molar-refractivity contribution in [3.63, 3.8) is 0 Å². The highest BCUT2D eigenvalue weighted by molar-refractivity contribution is 6.30. The van der Waals surface area contributed by atoms with E-state index < -0.39 is 12.0 Å². The van der Waals surface area contributed by atoms with Gasteiger partial charge in [0.15, 0.2) is 0 Å². The monoisotopic (exact) mass is 448 g/mol. The van der Waals surface area contributed by atoms with Gasteiger partial charge in [0, 0.05) is 40.7 Å². The van der Waals surface area contributed by atoms with Crippen LogP contribution < -0.4 is 10.1 Å². The van der Waals surface area contributed by atoms with E-state index in [9.17, 15) is 9.90 Å². The van der Waals surface area contributed by atoms with Crippen LogP contribution in [-0.2, 0) is 24.4 Å².